The van der Waals surface area contributed by atoms with E-state index in [9.17, 15) is 24.2 Å². The summed E-state index contributed by atoms with van der Waals surface area (Å²) in [6.07, 6.45) is 2.41. The normalized spacial score (nSPS) is 34.2. The number of carbonyl (C=O) groups is 2. The third kappa shape index (κ3) is 2.80. The molecule has 2 bridgehead atoms. The molecule has 188 valence electrons. The number of rotatable bonds is 4. The number of ketones is 1. The van der Waals surface area contributed by atoms with Gasteiger partial charge in [0.2, 0.25) is 5.91 Å². The second kappa shape index (κ2) is 7.29. The van der Waals surface area contributed by atoms with Crippen molar-refractivity contribution in [2.75, 3.05) is 18.4 Å². The highest BCUT2D eigenvalue weighted by molar-refractivity contribution is 6.11. The molecule has 5 aliphatic rings. The molecule has 3 N–H and O–H groups in total. The number of amides is 1. The van der Waals surface area contributed by atoms with Crippen molar-refractivity contribution in [2.24, 2.45) is 11.8 Å². The number of ether oxygens (including phenoxy) is 1. The summed E-state index contributed by atoms with van der Waals surface area (Å²) < 4.78 is 19.8. The first-order valence-electron chi connectivity index (χ1n) is 12.8. The van der Waals surface area contributed by atoms with E-state index in [-0.39, 0.29) is 29.7 Å². The number of aromatic hydroxyl groups is 1. The maximum absolute atomic E-state index is 13.9. The van der Waals surface area contributed by atoms with E-state index in [2.05, 4.69) is 10.2 Å². The van der Waals surface area contributed by atoms with Crippen molar-refractivity contribution in [3.63, 3.8) is 0 Å². The summed E-state index contributed by atoms with van der Waals surface area (Å²) in [5, 5.41) is 26.0. The third-order valence-electron chi connectivity index (χ3n) is 9.39. The molecular formula is C28H29FN2O5. The van der Waals surface area contributed by atoms with E-state index in [1.165, 1.54) is 31.0 Å². The summed E-state index contributed by atoms with van der Waals surface area (Å²) >= 11 is 0. The Bertz CT molecular complexity index is 1330. The molecular weight excluding hydrogens is 463 g/mol. The lowest BCUT2D eigenvalue weighted by Crippen LogP contribution is -2.78. The molecule has 2 heterocycles. The van der Waals surface area contributed by atoms with Crippen LogP contribution in [-0.4, -0.2) is 57.6 Å². The largest absolute Gasteiger partial charge is 0.504 e. The number of anilines is 1. The van der Waals surface area contributed by atoms with Gasteiger partial charge in [-0.1, -0.05) is 6.07 Å². The molecule has 2 aromatic carbocycles. The quantitative estimate of drug-likeness (QED) is 0.568. The Morgan fingerprint density at radius 3 is 2.83 bits per heavy atom. The van der Waals surface area contributed by atoms with Crippen LogP contribution in [0.2, 0.25) is 0 Å². The molecule has 2 aromatic rings. The fourth-order valence-electron chi connectivity index (χ4n) is 7.51. The number of nitrogens with zero attached hydrogens (tertiary/aromatic N) is 1. The summed E-state index contributed by atoms with van der Waals surface area (Å²) in [5.41, 5.74) is 0.364. The molecule has 0 aromatic heterocycles. The van der Waals surface area contributed by atoms with Gasteiger partial charge < -0.3 is 20.3 Å². The van der Waals surface area contributed by atoms with Crippen LogP contribution >= 0.6 is 0 Å². The fourth-order valence-corrected chi connectivity index (χ4v) is 7.51. The molecule has 1 amide bonds. The van der Waals surface area contributed by atoms with Crippen molar-refractivity contribution in [1.29, 1.82) is 0 Å². The number of piperidine rings is 1. The van der Waals surface area contributed by atoms with Crippen LogP contribution in [0.25, 0.3) is 0 Å². The summed E-state index contributed by atoms with van der Waals surface area (Å²) in [6, 6.07) is 7.29. The third-order valence-corrected chi connectivity index (χ3v) is 9.39. The molecule has 1 spiro atoms. The molecule has 2 aliphatic heterocycles. The summed E-state index contributed by atoms with van der Waals surface area (Å²) in [7, 11) is 0. The van der Waals surface area contributed by atoms with Gasteiger partial charge in [0.15, 0.2) is 23.4 Å². The van der Waals surface area contributed by atoms with E-state index >= 15 is 0 Å². The highest BCUT2D eigenvalue weighted by Gasteiger charge is 2.75. The number of phenolic OH excluding ortho intramolecular Hbond substituents is 1. The van der Waals surface area contributed by atoms with Gasteiger partial charge in [-0.25, -0.2) is 4.39 Å². The zero-order valence-electron chi connectivity index (χ0n) is 20.1. The number of carbonyl (C=O) groups excluding carboxylic acids is 2. The number of nitrogens with one attached hydrogen (secondary N) is 1. The Morgan fingerprint density at radius 2 is 2.08 bits per heavy atom. The van der Waals surface area contributed by atoms with E-state index in [1.807, 2.05) is 6.07 Å². The van der Waals surface area contributed by atoms with Gasteiger partial charge in [0.25, 0.3) is 0 Å². The van der Waals surface area contributed by atoms with Crippen molar-refractivity contribution in [3.05, 3.63) is 52.8 Å². The Kier molecular flexibility index (Phi) is 4.51. The van der Waals surface area contributed by atoms with Crippen LogP contribution in [0.5, 0.6) is 11.5 Å². The van der Waals surface area contributed by atoms with E-state index in [4.69, 9.17) is 4.74 Å². The topological polar surface area (TPSA) is 99.1 Å². The first-order valence-corrected chi connectivity index (χ1v) is 12.8. The van der Waals surface area contributed by atoms with Crippen molar-refractivity contribution in [1.82, 2.24) is 4.90 Å². The standard InChI is InChI=1S/C28H29FN2O5/c1-14-10-17(29)5-6-19(14)30-26(34)18-12-28(35)21-11-16-4-7-20(32)24-22(16)27(28,25(36-24)23(18)33)8-9-31(21)13-15-2-3-15/h4-7,10,15,18,21,25,32,35H,2-3,8-9,11-13H2,1H3,(H,30,34)/t18?,21-,25+,27+,28-/m1/s1. The molecule has 7 rings (SSSR count). The molecule has 8 heteroatoms. The summed E-state index contributed by atoms with van der Waals surface area (Å²) in [5.74, 6) is -1.59. The number of aliphatic hydroxyl groups is 1. The maximum atomic E-state index is 13.9. The van der Waals surface area contributed by atoms with Crippen LogP contribution in [0.1, 0.15) is 42.4 Å². The van der Waals surface area contributed by atoms with Crippen LogP contribution in [0.3, 0.4) is 0 Å². The van der Waals surface area contributed by atoms with Crippen LogP contribution < -0.4 is 10.1 Å². The maximum Gasteiger partial charge on any atom is 0.235 e. The number of benzene rings is 2. The molecule has 0 radical (unpaired) electrons. The number of Topliss-reactive ketones (excluding diaryl/α,β-unsaturated/α-hetero) is 1. The second-order valence-corrected chi connectivity index (χ2v) is 11.4. The lowest BCUT2D eigenvalue weighted by molar-refractivity contribution is -0.197. The molecule has 36 heavy (non-hydrogen) atoms. The van der Waals surface area contributed by atoms with E-state index < -0.39 is 34.8 Å². The molecule has 7 nitrogen and oxygen atoms in total. The molecule has 3 aliphatic carbocycles. The monoisotopic (exact) mass is 492 g/mol. The van der Waals surface area contributed by atoms with Gasteiger partial charge in [-0.05, 0) is 86.9 Å². The van der Waals surface area contributed by atoms with Crippen LogP contribution in [-0.2, 0) is 21.4 Å². The van der Waals surface area contributed by atoms with Gasteiger partial charge in [0.05, 0.1) is 11.0 Å². The zero-order valence-corrected chi connectivity index (χ0v) is 20.1. The average molecular weight is 493 g/mol. The van der Waals surface area contributed by atoms with E-state index in [0.717, 1.165) is 24.2 Å². The van der Waals surface area contributed by atoms with Gasteiger partial charge in [-0.2, -0.15) is 0 Å². The Hall–Kier alpha value is -2.97. The lowest BCUT2D eigenvalue weighted by Gasteiger charge is -2.63. The van der Waals surface area contributed by atoms with Crippen molar-refractivity contribution in [2.45, 2.75) is 62.2 Å². The molecule has 1 saturated heterocycles. The molecule has 1 unspecified atom stereocenters. The number of hydrogen-bond donors (Lipinski definition) is 3. The summed E-state index contributed by atoms with van der Waals surface area (Å²) in [6.45, 7) is 3.32. The van der Waals surface area contributed by atoms with Gasteiger partial charge in [0, 0.05) is 23.8 Å². The van der Waals surface area contributed by atoms with Crippen molar-refractivity contribution >= 4 is 17.4 Å². The summed E-state index contributed by atoms with van der Waals surface area (Å²) in [4.78, 5) is 29.7. The van der Waals surface area contributed by atoms with Crippen LogP contribution in [0, 0.1) is 24.6 Å². The van der Waals surface area contributed by atoms with Gasteiger partial charge in [-0.3, -0.25) is 14.5 Å². The minimum Gasteiger partial charge on any atom is -0.504 e. The number of halogens is 1. The number of hydrogen-bond acceptors (Lipinski definition) is 6. The molecule has 2 saturated carbocycles. The molecule has 3 fully saturated rings. The number of aryl methyl sites for hydroxylation is 1. The Labute approximate surface area is 208 Å². The van der Waals surface area contributed by atoms with E-state index in [0.29, 0.717) is 30.0 Å². The highest BCUT2D eigenvalue weighted by atomic mass is 19.1. The Morgan fingerprint density at radius 1 is 1.28 bits per heavy atom. The highest BCUT2D eigenvalue weighted by Crippen LogP contribution is 2.65. The predicted molar refractivity (Wildman–Crippen MR) is 128 cm³/mol. The Balaban J connectivity index is 1.31. The average Bonchev–Trinajstić information content (AvgIpc) is 3.58. The van der Waals surface area contributed by atoms with Gasteiger partial charge in [0.1, 0.15) is 11.7 Å². The minimum absolute atomic E-state index is 0.0157. The minimum atomic E-state index is -1.37. The van der Waals surface area contributed by atoms with Crippen LogP contribution in [0.15, 0.2) is 30.3 Å². The predicted octanol–water partition coefficient (Wildman–Crippen LogP) is 2.84. The zero-order chi connectivity index (χ0) is 25.0. The first-order chi connectivity index (χ1) is 17.2. The van der Waals surface area contributed by atoms with Gasteiger partial charge >= 0.3 is 0 Å². The molecule has 5 atom stereocenters. The second-order valence-electron chi connectivity index (χ2n) is 11.4. The van der Waals surface area contributed by atoms with Crippen molar-refractivity contribution in [3.8, 4) is 11.5 Å². The van der Waals surface area contributed by atoms with Gasteiger partial charge in [-0.15, -0.1) is 0 Å². The lowest BCUT2D eigenvalue weighted by atomic mass is 9.47. The SMILES string of the molecule is Cc1cc(F)ccc1NC(=O)C1C[C@@]2(O)[C@H]3Cc4ccc(O)c5c4[C@@]2(CCN3CC2CC2)[C@@H](O5)C1=O. The van der Waals surface area contributed by atoms with Crippen molar-refractivity contribution < 1.29 is 28.9 Å². The number of phenols is 1. The fraction of sp³-hybridized carbons (Fsp3) is 0.500. The van der Waals surface area contributed by atoms with Crippen LogP contribution in [0.4, 0.5) is 10.1 Å². The van der Waals surface area contributed by atoms with E-state index in [1.54, 1.807) is 13.0 Å². The number of likely N-dealkylation sites (tertiary alicyclic amines) is 1. The smallest absolute Gasteiger partial charge is 0.235 e. The first kappa shape index (κ1) is 22.2.